The van der Waals surface area contributed by atoms with Crippen LogP contribution in [0, 0.1) is 0 Å². The molecule has 4 aromatic carbocycles. The molecule has 0 saturated heterocycles. The van der Waals surface area contributed by atoms with E-state index in [0.717, 1.165) is 0 Å². The molecule has 0 spiro atoms. The van der Waals surface area contributed by atoms with Crippen LogP contribution in [-0.4, -0.2) is 0 Å². The Morgan fingerprint density at radius 2 is 0.529 bits per heavy atom. The maximum absolute atomic E-state index is 2.24. The maximum atomic E-state index is 2.24. The Bertz CT molecular complexity index is 964. The average molecular weight is 443 g/mol. The highest BCUT2D eigenvalue weighted by molar-refractivity contribution is 5.86. The van der Waals surface area contributed by atoms with E-state index in [0.29, 0.717) is 0 Å². The van der Waals surface area contributed by atoms with E-state index < -0.39 is 0 Å². The van der Waals surface area contributed by atoms with Gasteiger partial charge in [-0.25, -0.2) is 0 Å². The van der Waals surface area contributed by atoms with Crippen molar-refractivity contribution >= 4 is 11.1 Å². The van der Waals surface area contributed by atoms with Crippen LogP contribution in [0.2, 0.25) is 0 Å². The molecule has 170 valence electrons. The molecule has 34 heavy (non-hydrogen) atoms. The molecule has 1 saturated carbocycles. The van der Waals surface area contributed by atoms with Crippen molar-refractivity contribution in [3.63, 3.8) is 0 Å². The Balaban J connectivity index is 0.000000398. The van der Waals surface area contributed by atoms with Gasteiger partial charge in [-0.15, -0.1) is 0 Å². The van der Waals surface area contributed by atoms with Crippen LogP contribution >= 0.6 is 0 Å². The average Bonchev–Trinajstić information content (AvgIpc) is 2.94. The quantitative estimate of drug-likeness (QED) is 0.270. The van der Waals surface area contributed by atoms with Gasteiger partial charge in [-0.2, -0.15) is 0 Å². The fourth-order valence-electron chi connectivity index (χ4n) is 4.42. The zero-order chi connectivity index (χ0) is 23.3. The molecule has 5 rings (SSSR count). The molecule has 0 aromatic heterocycles. The van der Waals surface area contributed by atoms with E-state index in [1.165, 1.54) is 71.9 Å². The van der Waals surface area contributed by atoms with Gasteiger partial charge in [-0.05, 0) is 33.4 Å². The van der Waals surface area contributed by atoms with Gasteiger partial charge in [-0.1, -0.05) is 172 Å². The van der Waals surface area contributed by atoms with Crippen LogP contribution in [-0.2, 0) is 0 Å². The fourth-order valence-corrected chi connectivity index (χ4v) is 4.42. The van der Waals surface area contributed by atoms with E-state index >= 15 is 0 Å². The largest absolute Gasteiger partial charge is 0.0622 e. The van der Waals surface area contributed by atoms with E-state index in [-0.39, 0.29) is 0 Å². The monoisotopic (exact) mass is 442 g/mol. The Hall–Kier alpha value is -3.64. The van der Waals surface area contributed by atoms with Crippen molar-refractivity contribution < 1.29 is 0 Å². The summed E-state index contributed by atoms with van der Waals surface area (Å²) < 4.78 is 0. The predicted molar refractivity (Wildman–Crippen MR) is 148 cm³/mol. The summed E-state index contributed by atoms with van der Waals surface area (Å²) in [5.74, 6) is 0. The summed E-state index contributed by atoms with van der Waals surface area (Å²) in [6.07, 6.45) is 13.5. The second-order valence-electron chi connectivity index (χ2n) is 8.75. The van der Waals surface area contributed by atoms with Crippen molar-refractivity contribution in [2.24, 2.45) is 0 Å². The summed E-state index contributed by atoms with van der Waals surface area (Å²) in [6.45, 7) is 0. The Morgan fingerprint density at radius 3 is 0.735 bits per heavy atom. The molecular formula is C34H34. The predicted octanol–water partition coefficient (Wildman–Crippen LogP) is 9.59. The number of hydrogen-bond acceptors (Lipinski definition) is 0. The topological polar surface area (TPSA) is 0 Å². The third kappa shape index (κ3) is 6.93. The molecule has 0 bridgehead atoms. The molecular weight excluding hydrogens is 408 g/mol. The van der Waals surface area contributed by atoms with Gasteiger partial charge in [0.15, 0.2) is 0 Å². The lowest BCUT2D eigenvalue weighted by Gasteiger charge is -2.10. The van der Waals surface area contributed by atoms with Crippen LogP contribution in [0.1, 0.15) is 60.8 Å². The number of rotatable bonds is 5. The molecule has 0 heterocycles. The van der Waals surface area contributed by atoms with Gasteiger partial charge in [0.25, 0.3) is 0 Å². The second-order valence-corrected chi connectivity index (χ2v) is 8.75. The van der Waals surface area contributed by atoms with Crippen LogP contribution in [0.3, 0.4) is 0 Å². The summed E-state index contributed by atoms with van der Waals surface area (Å²) in [4.78, 5) is 0. The fraction of sp³-hybridized carbons (Fsp3) is 0.176. The molecule has 0 unspecified atom stereocenters. The number of benzene rings is 4. The third-order valence-corrected chi connectivity index (χ3v) is 6.26. The minimum Gasteiger partial charge on any atom is -0.0622 e. The van der Waals surface area contributed by atoms with E-state index in [4.69, 9.17) is 0 Å². The summed E-state index contributed by atoms with van der Waals surface area (Å²) >= 11 is 0. The second kappa shape index (κ2) is 13.2. The molecule has 0 heteroatoms. The third-order valence-electron chi connectivity index (χ3n) is 6.26. The molecule has 1 fully saturated rings. The SMILES string of the molecule is C(C=C(c1ccccc1)c1ccccc1)=C(c1ccccc1)c1ccccc1.C1CCCCC1. The molecule has 0 radical (unpaired) electrons. The Labute approximate surface area is 205 Å². The van der Waals surface area contributed by atoms with Crippen molar-refractivity contribution in [3.05, 3.63) is 156 Å². The number of allylic oxidation sites excluding steroid dienone is 2. The minimum atomic E-state index is 1.21. The van der Waals surface area contributed by atoms with Crippen LogP contribution in [0.25, 0.3) is 11.1 Å². The highest BCUT2D eigenvalue weighted by Crippen LogP contribution is 2.27. The first kappa shape index (κ1) is 23.5. The summed E-state index contributed by atoms with van der Waals surface area (Å²) in [7, 11) is 0. The van der Waals surface area contributed by atoms with Crippen LogP contribution in [0.5, 0.6) is 0 Å². The van der Waals surface area contributed by atoms with Crippen molar-refractivity contribution in [2.45, 2.75) is 38.5 Å². The van der Waals surface area contributed by atoms with E-state index in [1.54, 1.807) is 0 Å². The highest BCUT2D eigenvalue weighted by Gasteiger charge is 2.06. The van der Waals surface area contributed by atoms with Gasteiger partial charge in [-0.3, -0.25) is 0 Å². The van der Waals surface area contributed by atoms with Crippen LogP contribution < -0.4 is 0 Å². The van der Waals surface area contributed by atoms with Gasteiger partial charge in [0.1, 0.15) is 0 Å². The maximum Gasteiger partial charge on any atom is -0.0111 e. The lowest BCUT2D eigenvalue weighted by atomic mass is 9.94. The van der Waals surface area contributed by atoms with E-state index in [2.05, 4.69) is 133 Å². The molecule has 0 amide bonds. The first-order chi connectivity index (χ1) is 16.9. The first-order valence-corrected chi connectivity index (χ1v) is 12.6. The Morgan fingerprint density at radius 1 is 0.324 bits per heavy atom. The van der Waals surface area contributed by atoms with E-state index in [1.807, 2.05) is 0 Å². The molecule has 0 atom stereocenters. The number of hydrogen-bond donors (Lipinski definition) is 0. The summed E-state index contributed by atoms with van der Waals surface area (Å²) in [5.41, 5.74) is 7.28. The van der Waals surface area contributed by atoms with Crippen molar-refractivity contribution in [3.8, 4) is 0 Å². The first-order valence-electron chi connectivity index (χ1n) is 12.6. The zero-order valence-corrected chi connectivity index (χ0v) is 19.9. The van der Waals surface area contributed by atoms with Gasteiger partial charge in [0.2, 0.25) is 0 Å². The van der Waals surface area contributed by atoms with Gasteiger partial charge in [0.05, 0.1) is 0 Å². The molecule has 4 aromatic rings. The molecule has 0 aliphatic heterocycles. The van der Waals surface area contributed by atoms with Crippen LogP contribution in [0.4, 0.5) is 0 Å². The lowest BCUT2D eigenvalue weighted by Crippen LogP contribution is -1.89. The van der Waals surface area contributed by atoms with Crippen molar-refractivity contribution in [2.75, 3.05) is 0 Å². The van der Waals surface area contributed by atoms with Crippen molar-refractivity contribution in [1.82, 2.24) is 0 Å². The van der Waals surface area contributed by atoms with Crippen molar-refractivity contribution in [1.29, 1.82) is 0 Å². The summed E-state index contributed by atoms with van der Waals surface area (Å²) in [5, 5.41) is 0. The summed E-state index contributed by atoms with van der Waals surface area (Å²) in [6, 6.07) is 42.2. The van der Waals surface area contributed by atoms with Gasteiger partial charge < -0.3 is 0 Å². The van der Waals surface area contributed by atoms with Crippen LogP contribution in [0.15, 0.2) is 133 Å². The highest BCUT2D eigenvalue weighted by atomic mass is 14.1. The normalized spacial score (nSPS) is 12.6. The molecule has 0 nitrogen and oxygen atoms in total. The Kier molecular flexibility index (Phi) is 9.10. The smallest absolute Gasteiger partial charge is 0.0111 e. The molecule has 1 aliphatic carbocycles. The molecule has 1 aliphatic rings. The molecule has 0 N–H and O–H groups in total. The minimum absolute atomic E-state index is 1.21. The van der Waals surface area contributed by atoms with Gasteiger partial charge in [0, 0.05) is 0 Å². The van der Waals surface area contributed by atoms with E-state index in [9.17, 15) is 0 Å². The zero-order valence-electron chi connectivity index (χ0n) is 19.9. The standard InChI is InChI=1S/C28H22.C6H12/c1-5-13-23(14-6-1)27(24-15-7-2-8-16-24)21-22-28(25-17-9-3-10-18-25)26-19-11-4-12-20-26;1-2-4-6-5-3-1/h1-22H;1-6H2. The van der Waals surface area contributed by atoms with Gasteiger partial charge >= 0.3 is 0 Å². The lowest BCUT2D eigenvalue weighted by molar-refractivity contribution is 0.504.